The van der Waals surface area contributed by atoms with Gasteiger partial charge in [0.2, 0.25) is 5.91 Å². The minimum Gasteiger partial charge on any atom is -0.497 e. The molecule has 0 aliphatic carbocycles. The lowest BCUT2D eigenvalue weighted by molar-refractivity contribution is -0.147. The van der Waals surface area contributed by atoms with E-state index in [4.69, 9.17) is 4.74 Å². The second-order valence-electron chi connectivity index (χ2n) is 8.81. The Bertz CT molecular complexity index is 891. The first-order valence-corrected chi connectivity index (χ1v) is 10.6. The third-order valence-electron chi connectivity index (χ3n) is 7.02. The van der Waals surface area contributed by atoms with E-state index in [2.05, 4.69) is 58.0 Å². The first kappa shape index (κ1) is 23.9. The van der Waals surface area contributed by atoms with Crippen LogP contribution in [0.4, 0.5) is 0 Å². The molecule has 0 spiro atoms. The van der Waals surface area contributed by atoms with Gasteiger partial charge in [-0.25, -0.2) is 0 Å². The normalized spacial score (nSPS) is 25.6. The summed E-state index contributed by atoms with van der Waals surface area (Å²) in [6, 6.07) is 18.9. The molecule has 3 aliphatic rings. The van der Waals surface area contributed by atoms with Crippen LogP contribution in [0.2, 0.25) is 0 Å². The molecule has 31 heavy (non-hydrogen) atoms. The summed E-state index contributed by atoms with van der Waals surface area (Å²) in [7, 11) is 1.69. The molecule has 1 amide bonds. The average Bonchev–Trinajstić information content (AvgIpc) is 3.32. The first-order valence-electron chi connectivity index (χ1n) is 10.6. The number of methoxy groups -OCH3 is 1. The predicted molar refractivity (Wildman–Crippen MR) is 127 cm³/mol. The van der Waals surface area contributed by atoms with Crippen molar-refractivity contribution in [3.05, 3.63) is 65.7 Å². The lowest BCUT2D eigenvalue weighted by Crippen LogP contribution is -2.63. The topological polar surface area (TPSA) is 53.6 Å². The summed E-state index contributed by atoms with van der Waals surface area (Å²) in [5.74, 6) is 2.21. The van der Waals surface area contributed by atoms with Crippen LogP contribution in [0.5, 0.6) is 5.75 Å². The number of likely N-dealkylation sites (tertiary alicyclic amines) is 1. The summed E-state index contributed by atoms with van der Waals surface area (Å²) in [6.45, 7) is 4.35. The van der Waals surface area contributed by atoms with Crippen molar-refractivity contribution in [1.29, 1.82) is 0 Å². The lowest BCUT2D eigenvalue weighted by atomic mass is 9.74. The zero-order chi connectivity index (χ0) is 19.8. The Morgan fingerprint density at radius 3 is 2.52 bits per heavy atom. The van der Waals surface area contributed by atoms with Crippen molar-refractivity contribution in [2.24, 2.45) is 17.3 Å². The summed E-state index contributed by atoms with van der Waals surface area (Å²) in [5.41, 5.74) is 2.07. The molecule has 3 aliphatic heterocycles. The number of benzene rings is 2. The van der Waals surface area contributed by atoms with Crippen LogP contribution >= 0.6 is 24.8 Å². The summed E-state index contributed by atoms with van der Waals surface area (Å²) in [6.07, 6.45) is 0.752. The average molecular weight is 464 g/mol. The molecule has 5 rings (SSSR count). The Morgan fingerprint density at radius 2 is 1.84 bits per heavy atom. The molecule has 3 fully saturated rings. The van der Waals surface area contributed by atoms with Gasteiger partial charge in [-0.15, -0.1) is 24.8 Å². The monoisotopic (exact) mass is 463 g/mol. The van der Waals surface area contributed by atoms with Crippen LogP contribution in [0.15, 0.2) is 54.6 Å². The fourth-order valence-corrected chi connectivity index (χ4v) is 5.46. The van der Waals surface area contributed by atoms with Gasteiger partial charge in [-0.2, -0.15) is 0 Å². The number of nitrogens with one attached hydrogen (secondary N) is 2. The van der Waals surface area contributed by atoms with E-state index in [1.807, 2.05) is 12.1 Å². The van der Waals surface area contributed by atoms with E-state index in [9.17, 15) is 4.79 Å². The molecule has 0 unspecified atom stereocenters. The van der Waals surface area contributed by atoms with Crippen molar-refractivity contribution in [1.82, 2.24) is 15.5 Å². The predicted octanol–water partition coefficient (Wildman–Crippen LogP) is 3.09. The number of rotatable bonds is 5. The summed E-state index contributed by atoms with van der Waals surface area (Å²) in [4.78, 5) is 16.2. The summed E-state index contributed by atoms with van der Waals surface area (Å²) < 4.78 is 5.39. The highest BCUT2D eigenvalue weighted by Gasteiger charge is 2.53. The molecule has 7 heteroatoms. The number of hydrogen-bond donors (Lipinski definition) is 2. The van der Waals surface area contributed by atoms with Gasteiger partial charge in [-0.1, -0.05) is 42.5 Å². The molecule has 0 radical (unpaired) electrons. The Kier molecular flexibility index (Phi) is 7.53. The van der Waals surface area contributed by atoms with E-state index in [1.165, 1.54) is 5.56 Å². The molecule has 2 aromatic carbocycles. The van der Waals surface area contributed by atoms with E-state index in [-0.39, 0.29) is 36.3 Å². The Hall–Kier alpha value is -1.79. The van der Waals surface area contributed by atoms with Crippen molar-refractivity contribution >= 4 is 30.7 Å². The van der Waals surface area contributed by atoms with Gasteiger partial charge in [0.1, 0.15) is 5.75 Å². The van der Waals surface area contributed by atoms with Gasteiger partial charge in [0.25, 0.3) is 0 Å². The highest BCUT2D eigenvalue weighted by atomic mass is 35.5. The molecule has 2 aromatic rings. The molecule has 3 saturated heterocycles. The molecule has 0 aromatic heterocycles. The van der Waals surface area contributed by atoms with Gasteiger partial charge < -0.3 is 20.3 Å². The summed E-state index contributed by atoms with van der Waals surface area (Å²) >= 11 is 0. The van der Waals surface area contributed by atoms with Gasteiger partial charge >= 0.3 is 0 Å². The second-order valence-corrected chi connectivity index (χ2v) is 8.81. The Morgan fingerprint density at radius 1 is 1.06 bits per heavy atom. The highest BCUT2D eigenvalue weighted by Crippen LogP contribution is 2.45. The van der Waals surface area contributed by atoms with Crippen LogP contribution in [-0.4, -0.2) is 50.6 Å². The van der Waals surface area contributed by atoms with Crippen LogP contribution in [0.25, 0.3) is 0 Å². The number of halogens is 2. The first-order chi connectivity index (χ1) is 14.2. The lowest BCUT2D eigenvalue weighted by Gasteiger charge is -2.45. The van der Waals surface area contributed by atoms with Crippen molar-refractivity contribution < 1.29 is 9.53 Å². The molecular weight excluding hydrogens is 433 g/mol. The standard InChI is InChI=1S/C24H29N3O2.2ClH/c1-29-20-9-5-6-17(10-20)11-24(15-26-16-24)23(28)27-14-19-12-25-13-21(19)22(27)18-7-3-2-4-8-18;;/h2-10,19,21-22,25-26H,11-16H2,1H3;2*1H/t19-,21-,22+;;/m0../s1. The zero-order valence-corrected chi connectivity index (χ0v) is 19.4. The largest absolute Gasteiger partial charge is 0.497 e. The quantitative estimate of drug-likeness (QED) is 0.715. The number of nitrogens with zero attached hydrogens (tertiary/aromatic N) is 1. The maximum atomic E-state index is 14.0. The van der Waals surface area contributed by atoms with E-state index >= 15 is 0 Å². The zero-order valence-electron chi connectivity index (χ0n) is 17.8. The minimum atomic E-state index is -0.356. The second kappa shape index (κ2) is 9.78. The molecule has 3 heterocycles. The molecule has 2 N–H and O–H groups in total. The number of carbonyl (C=O) groups is 1. The van der Waals surface area contributed by atoms with Gasteiger partial charge in [0.15, 0.2) is 0 Å². The van der Waals surface area contributed by atoms with Gasteiger partial charge in [0.05, 0.1) is 18.6 Å². The number of carbonyl (C=O) groups excluding carboxylic acids is 1. The Labute approximate surface area is 196 Å². The van der Waals surface area contributed by atoms with Crippen LogP contribution in [-0.2, 0) is 11.2 Å². The third-order valence-corrected chi connectivity index (χ3v) is 7.02. The number of fused-ring (bicyclic) bond motifs is 1. The molecule has 0 saturated carbocycles. The smallest absolute Gasteiger partial charge is 0.232 e. The molecule has 3 atom stereocenters. The fourth-order valence-electron chi connectivity index (χ4n) is 5.46. The van der Waals surface area contributed by atoms with Gasteiger partial charge in [0, 0.05) is 38.6 Å². The van der Waals surface area contributed by atoms with Crippen molar-refractivity contribution in [3.63, 3.8) is 0 Å². The highest BCUT2D eigenvalue weighted by molar-refractivity contribution is 5.86. The SMILES string of the molecule is COc1cccc(CC2(C(=O)N3C[C@@H]4CNC[C@@H]4[C@H]3c3ccccc3)CNC2)c1.Cl.Cl. The van der Waals surface area contributed by atoms with Crippen molar-refractivity contribution in [2.45, 2.75) is 12.5 Å². The van der Waals surface area contributed by atoms with Crippen molar-refractivity contribution in [2.75, 3.05) is 39.8 Å². The summed E-state index contributed by atoms with van der Waals surface area (Å²) in [5, 5.41) is 6.91. The fraction of sp³-hybridized carbons (Fsp3) is 0.458. The van der Waals surface area contributed by atoms with E-state index in [0.717, 1.165) is 50.5 Å². The molecular formula is C24H31Cl2N3O2. The third kappa shape index (κ3) is 4.29. The molecule has 5 nitrogen and oxygen atoms in total. The minimum absolute atomic E-state index is 0. The maximum Gasteiger partial charge on any atom is 0.232 e. The number of hydrogen-bond acceptors (Lipinski definition) is 4. The van der Waals surface area contributed by atoms with E-state index in [0.29, 0.717) is 17.7 Å². The van der Waals surface area contributed by atoms with Crippen molar-refractivity contribution in [3.8, 4) is 5.75 Å². The number of amides is 1. The molecule has 168 valence electrons. The van der Waals surface area contributed by atoms with Crippen LogP contribution < -0.4 is 15.4 Å². The van der Waals surface area contributed by atoms with Gasteiger partial charge in [-0.3, -0.25) is 4.79 Å². The Balaban J connectivity index is 0.00000136. The van der Waals surface area contributed by atoms with Crippen LogP contribution in [0.3, 0.4) is 0 Å². The maximum absolute atomic E-state index is 14.0. The molecule has 0 bridgehead atoms. The van der Waals surface area contributed by atoms with Crippen LogP contribution in [0.1, 0.15) is 17.2 Å². The van der Waals surface area contributed by atoms with Gasteiger partial charge in [-0.05, 0) is 35.6 Å². The number of ether oxygens (including phenoxy) is 1. The van der Waals surface area contributed by atoms with E-state index < -0.39 is 0 Å². The van der Waals surface area contributed by atoms with E-state index in [1.54, 1.807) is 7.11 Å². The van der Waals surface area contributed by atoms with Crippen LogP contribution in [0, 0.1) is 17.3 Å².